The van der Waals surface area contributed by atoms with Gasteiger partial charge in [-0.05, 0) is 30.5 Å². The molecule has 0 aliphatic rings. The molecule has 2 rings (SSSR count). The summed E-state index contributed by atoms with van der Waals surface area (Å²) >= 11 is 0. The van der Waals surface area contributed by atoms with Gasteiger partial charge in [-0.3, -0.25) is 4.79 Å². The summed E-state index contributed by atoms with van der Waals surface area (Å²) < 4.78 is 6.66. The molecule has 0 saturated carbocycles. The van der Waals surface area contributed by atoms with Crippen molar-refractivity contribution in [2.24, 2.45) is 0 Å². The third-order valence-electron chi connectivity index (χ3n) is 3.17. The fourth-order valence-electron chi connectivity index (χ4n) is 2.24. The molecule has 0 saturated heterocycles. The first-order chi connectivity index (χ1) is 9.51. The molecule has 2 aromatic rings. The zero-order chi connectivity index (χ0) is 14.7. The van der Waals surface area contributed by atoms with Gasteiger partial charge in [0.2, 0.25) is 5.91 Å². The molecule has 5 heteroatoms. The number of ether oxygens (including phenoxy) is 1. The summed E-state index contributed by atoms with van der Waals surface area (Å²) in [6.07, 6.45) is 1.90. The van der Waals surface area contributed by atoms with Gasteiger partial charge >= 0.3 is 5.97 Å². The minimum Gasteiger partial charge on any atom is -0.467 e. The number of carbonyl (C=O) groups is 2. The van der Waals surface area contributed by atoms with E-state index < -0.39 is 12.0 Å². The van der Waals surface area contributed by atoms with Gasteiger partial charge in [0.25, 0.3) is 0 Å². The van der Waals surface area contributed by atoms with Crippen molar-refractivity contribution in [3.63, 3.8) is 0 Å². The van der Waals surface area contributed by atoms with Crippen LogP contribution in [0.3, 0.4) is 0 Å². The first kappa shape index (κ1) is 14.1. The van der Waals surface area contributed by atoms with Crippen molar-refractivity contribution in [2.45, 2.75) is 26.4 Å². The van der Waals surface area contributed by atoms with Crippen LogP contribution < -0.4 is 5.32 Å². The Bertz CT molecular complexity index is 646. The molecule has 1 N–H and O–H groups in total. The lowest BCUT2D eigenvalue weighted by molar-refractivity contribution is -0.145. The summed E-state index contributed by atoms with van der Waals surface area (Å²) in [5, 5.41) is 3.72. The zero-order valence-electron chi connectivity index (χ0n) is 11.8. The zero-order valence-corrected chi connectivity index (χ0v) is 11.8. The Kier molecular flexibility index (Phi) is 4.08. The van der Waals surface area contributed by atoms with Crippen LogP contribution in [0.1, 0.15) is 12.5 Å². The van der Waals surface area contributed by atoms with Gasteiger partial charge in [0.15, 0.2) is 0 Å². The second-order valence-electron chi connectivity index (χ2n) is 4.81. The second kappa shape index (κ2) is 5.77. The van der Waals surface area contributed by atoms with Crippen LogP contribution in [0.4, 0.5) is 0 Å². The van der Waals surface area contributed by atoms with Crippen molar-refractivity contribution in [1.29, 1.82) is 0 Å². The molecule has 0 radical (unpaired) electrons. The molecule has 1 atom stereocenters. The van der Waals surface area contributed by atoms with Gasteiger partial charge in [-0.25, -0.2) is 4.79 Å². The number of hydrogen-bond acceptors (Lipinski definition) is 3. The number of fused-ring (bicyclic) bond motifs is 1. The molecule has 1 heterocycles. The fraction of sp³-hybridized carbons (Fsp3) is 0.333. The molecular formula is C15H18N2O3. The summed E-state index contributed by atoms with van der Waals surface area (Å²) in [4.78, 5) is 22.9. The Balaban J connectivity index is 2.28. The van der Waals surface area contributed by atoms with E-state index in [0.717, 1.165) is 10.9 Å². The van der Waals surface area contributed by atoms with Crippen molar-refractivity contribution >= 4 is 22.8 Å². The highest BCUT2D eigenvalue weighted by Gasteiger charge is 2.21. The number of nitrogens with one attached hydrogen (secondary N) is 1. The van der Waals surface area contributed by atoms with Crippen molar-refractivity contribution in [2.75, 3.05) is 7.11 Å². The minimum absolute atomic E-state index is 0.257. The van der Waals surface area contributed by atoms with Gasteiger partial charge in [-0.1, -0.05) is 11.6 Å². The van der Waals surface area contributed by atoms with Crippen LogP contribution in [-0.2, 0) is 20.9 Å². The highest BCUT2D eigenvalue weighted by molar-refractivity contribution is 5.84. The van der Waals surface area contributed by atoms with Gasteiger partial charge < -0.3 is 14.6 Å². The summed E-state index contributed by atoms with van der Waals surface area (Å²) in [5.74, 6) is -0.707. The van der Waals surface area contributed by atoms with Crippen LogP contribution in [0.25, 0.3) is 10.9 Å². The van der Waals surface area contributed by atoms with E-state index in [1.807, 2.05) is 35.9 Å². The fourth-order valence-corrected chi connectivity index (χ4v) is 2.24. The molecule has 1 unspecified atom stereocenters. The van der Waals surface area contributed by atoms with Gasteiger partial charge in [0.1, 0.15) is 6.04 Å². The van der Waals surface area contributed by atoms with Crippen molar-refractivity contribution < 1.29 is 14.3 Å². The third-order valence-corrected chi connectivity index (χ3v) is 3.17. The Morgan fingerprint density at radius 2 is 2.10 bits per heavy atom. The number of aryl methyl sites for hydroxylation is 1. The van der Waals surface area contributed by atoms with Crippen LogP contribution in [0, 0.1) is 6.92 Å². The van der Waals surface area contributed by atoms with Gasteiger partial charge in [-0.2, -0.15) is 0 Å². The standard InChI is InChI=1S/C15H18N2O3/c1-10-4-5-14-12(8-10)6-7-17(14)9-13(15(19)20-3)16-11(2)18/h4-8,13H,9H2,1-3H3,(H,16,18). The summed E-state index contributed by atoms with van der Waals surface area (Å²) in [5.41, 5.74) is 2.21. The van der Waals surface area contributed by atoms with E-state index in [-0.39, 0.29) is 5.91 Å². The molecule has 1 aromatic carbocycles. The first-order valence-corrected chi connectivity index (χ1v) is 6.41. The molecule has 0 aliphatic heterocycles. The van der Waals surface area contributed by atoms with Crippen LogP contribution in [0.2, 0.25) is 0 Å². The molecule has 20 heavy (non-hydrogen) atoms. The smallest absolute Gasteiger partial charge is 0.330 e. The molecule has 0 bridgehead atoms. The van der Waals surface area contributed by atoms with Crippen molar-refractivity contribution in [1.82, 2.24) is 9.88 Å². The number of methoxy groups -OCH3 is 1. The first-order valence-electron chi connectivity index (χ1n) is 6.41. The van der Waals surface area contributed by atoms with Crippen LogP contribution >= 0.6 is 0 Å². The van der Waals surface area contributed by atoms with E-state index in [1.165, 1.54) is 19.6 Å². The van der Waals surface area contributed by atoms with E-state index >= 15 is 0 Å². The van der Waals surface area contributed by atoms with E-state index in [2.05, 4.69) is 11.4 Å². The Labute approximate surface area is 117 Å². The largest absolute Gasteiger partial charge is 0.467 e. The third kappa shape index (κ3) is 2.99. The van der Waals surface area contributed by atoms with Crippen LogP contribution in [0.15, 0.2) is 30.5 Å². The molecule has 0 fully saturated rings. The lowest BCUT2D eigenvalue weighted by atomic mass is 10.2. The quantitative estimate of drug-likeness (QED) is 0.862. The number of amides is 1. The topological polar surface area (TPSA) is 60.3 Å². The number of esters is 1. The molecule has 1 amide bonds. The molecule has 0 spiro atoms. The van der Waals surface area contributed by atoms with Gasteiger partial charge in [0.05, 0.1) is 13.7 Å². The number of hydrogen-bond donors (Lipinski definition) is 1. The lowest BCUT2D eigenvalue weighted by Crippen LogP contribution is -2.43. The maximum atomic E-state index is 11.7. The Hall–Kier alpha value is -2.30. The summed E-state index contributed by atoms with van der Waals surface area (Å²) in [7, 11) is 1.31. The van der Waals surface area contributed by atoms with E-state index in [9.17, 15) is 9.59 Å². The molecular weight excluding hydrogens is 256 g/mol. The highest BCUT2D eigenvalue weighted by Crippen LogP contribution is 2.17. The number of aromatic nitrogens is 1. The van der Waals surface area contributed by atoms with Crippen LogP contribution in [-0.4, -0.2) is 29.6 Å². The van der Waals surface area contributed by atoms with E-state index in [0.29, 0.717) is 6.54 Å². The van der Waals surface area contributed by atoms with Gasteiger partial charge in [0, 0.05) is 18.6 Å². The average Bonchev–Trinajstić information content (AvgIpc) is 2.78. The Morgan fingerprint density at radius 1 is 1.35 bits per heavy atom. The highest BCUT2D eigenvalue weighted by atomic mass is 16.5. The maximum Gasteiger partial charge on any atom is 0.330 e. The second-order valence-corrected chi connectivity index (χ2v) is 4.81. The van der Waals surface area contributed by atoms with Crippen molar-refractivity contribution in [3.8, 4) is 0 Å². The van der Waals surface area contributed by atoms with E-state index in [4.69, 9.17) is 4.74 Å². The molecule has 106 valence electrons. The lowest BCUT2D eigenvalue weighted by Gasteiger charge is -2.17. The van der Waals surface area contributed by atoms with Gasteiger partial charge in [-0.15, -0.1) is 0 Å². The normalized spacial score (nSPS) is 12.2. The summed E-state index contributed by atoms with van der Waals surface area (Å²) in [6.45, 7) is 3.76. The molecule has 1 aromatic heterocycles. The number of benzene rings is 1. The Morgan fingerprint density at radius 3 is 2.75 bits per heavy atom. The maximum absolute atomic E-state index is 11.7. The number of nitrogens with zero attached hydrogens (tertiary/aromatic N) is 1. The number of carbonyl (C=O) groups excluding carboxylic acids is 2. The SMILES string of the molecule is COC(=O)C(Cn1ccc2cc(C)ccc21)NC(C)=O. The monoisotopic (exact) mass is 274 g/mol. The molecule has 5 nitrogen and oxygen atoms in total. The van der Waals surface area contributed by atoms with E-state index in [1.54, 1.807) is 0 Å². The minimum atomic E-state index is -0.686. The predicted molar refractivity (Wildman–Crippen MR) is 76.3 cm³/mol. The van der Waals surface area contributed by atoms with Crippen molar-refractivity contribution in [3.05, 3.63) is 36.0 Å². The average molecular weight is 274 g/mol. The predicted octanol–water partition coefficient (Wildman–Crippen LogP) is 1.63. The summed E-state index contributed by atoms with van der Waals surface area (Å²) in [6, 6.07) is 7.41. The molecule has 0 aliphatic carbocycles. The van der Waals surface area contributed by atoms with Crippen LogP contribution in [0.5, 0.6) is 0 Å². The number of rotatable bonds is 4.